The molecule has 0 amide bonds. The van der Waals surface area contributed by atoms with E-state index in [1.165, 1.54) is 20.4 Å². The topological polar surface area (TPSA) is 31.2 Å². The normalized spacial score (nSPS) is 11.5. The van der Waals surface area contributed by atoms with Gasteiger partial charge in [0.25, 0.3) is 0 Å². The van der Waals surface area contributed by atoms with Crippen molar-refractivity contribution < 1.29 is 9.53 Å². The molecule has 0 unspecified atom stereocenters. The minimum absolute atomic E-state index is 0.0704. The second-order valence-corrected chi connectivity index (χ2v) is 6.87. The summed E-state index contributed by atoms with van der Waals surface area (Å²) < 4.78 is 10.2. The van der Waals surface area contributed by atoms with Gasteiger partial charge in [-0.3, -0.25) is 4.79 Å². The summed E-state index contributed by atoms with van der Waals surface area (Å²) in [5.74, 6) is -0.0704. The first kappa shape index (κ1) is 14.6. The second kappa shape index (κ2) is 6.62. The van der Waals surface area contributed by atoms with E-state index in [1.807, 2.05) is 29.6 Å². The van der Waals surface area contributed by atoms with E-state index in [2.05, 4.69) is 27.5 Å². The fraction of sp³-hybridized carbons (Fsp3) is 0.438. The first-order valence-corrected chi connectivity index (χ1v) is 9.15. The number of nitrogens with zero attached hydrogens (tertiary/aromatic N) is 1. The number of thiophene rings is 2. The molecule has 0 fully saturated rings. The molecule has 0 atom stereocenters. The second-order valence-electron chi connectivity index (χ2n) is 5.04. The van der Waals surface area contributed by atoms with Crippen molar-refractivity contribution in [2.24, 2.45) is 0 Å². The number of hydrogen-bond donors (Lipinski definition) is 0. The predicted octanol–water partition coefficient (Wildman–Crippen LogP) is 5.04. The Kier molecular flexibility index (Phi) is 4.60. The highest BCUT2D eigenvalue weighted by Crippen LogP contribution is 2.36. The molecular weight excluding hydrogens is 302 g/mol. The minimum Gasteiger partial charge on any atom is -0.466 e. The lowest BCUT2D eigenvalue weighted by Crippen LogP contribution is -2.03. The van der Waals surface area contributed by atoms with Crippen LogP contribution in [0.1, 0.15) is 32.6 Å². The molecule has 21 heavy (non-hydrogen) atoms. The number of unbranched alkanes of at least 4 members (excludes halogenated alkanes) is 2. The van der Waals surface area contributed by atoms with E-state index in [1.54, 1.807) is 0 Å². The number of carbonyl (C=O) groups excluding carboxylic acids is 1. The van der Waals surface area contributed by atoms with E-state index in [9.17, 15) is 4.79 Å². The maximum atomic E-state index is 11.3. The summed E-state index contributed by atoms with van der Waals surface area (Å²) in [6.45, 7) is 3.35. The van der Waals surface area contributed by atoms with E-state index in [0.717, 1.165) is 25.8 Å². The van der Waals surface area contributed by atoms with E-state index < -0.39 is 0 Å². The van der Waals surface area contributed by atoms with Gasteiger partial charge in [0, 0.05) is 13.0 Å². The predicted molar refractivity (Wildman–Crippen MR) is 90.3 cm³/mol. The summed E-state index contributed by atoms with van der Waals surface area (Å²) in [6.07, 6.45) is 3.62. The largest absolute Gasteiger partial charge is 0.466 e. The van der Waals surface area contributed by atoms with Gasteiger partial charge in [0.15, 0.2) is 0 Å². The fourth-order valence-electron chi connectivity index (χ4n) is 2.69. The highest BCUT2D eigenvalue weighted by atomic mass is 32.1. The van der Waals surface area contributed by atoms with Crippen molar-refractivity contribution in [3.63, 3.8) is 0 Å². The van der Waals surface area contributed by atoms with Crippen LogP contribution in [0.2, 0.25) is 0 Å². The van der Waals surface area contributed by atoms with Crippen LogP contribution in [0.5, 0.6) is 0 Å². The van der Waals surface area contributed by atoms with Gasteiger partial charge in [0.1, 0.15) is 0 Å². The average Bonchev–Trinajstić information content (AvgIpc) is 3.14. The number of rotatable bonds is 7. The summed E-state index contributed by atoms with van der Waals surface area (Å²) in [7, 11) is 0. The Balaban J connectivity index is 1.58. The number of hydrogen-bond acceptors (Lipinski definition) is 4. The number of esters is 1. The third kappa shape index (κ3) is 2.99. The van der Waals surface area contributed by atoms with E-state index >= 15 is 0 Å². The summed E-state index contributed by atoms with van der Waals surface area (Å²) >= 11 is 3.65. The lowest BCUT2D eigenvalue weighted by atomic mass is 10.2. The van der Waals surface area contributed by atoms with Crippen LogP contribution in [0.4, 0.5) is 0 Å². The van der Waals surface area contributed by atoms with Crippen molar-refractivity contribution in [2.75, 3.05) is 6.61 Å². The minimum atomic E-state index is -0.0704. The molecule has 0 saturated carbocycles. The summed E-state index contributed by atoms with van der Waals surface area (Å²) in [5.41, 5.74) is 2.71. The summed E-state index contributed by atoms with van der Waals surface area (Å²) in [6, 6.07) is 4.43. The number of aromatic nitrogens is 1. The highest BCUT2D eigenvalue weighted by Gasteiger charge is 2.12. The molecule has 3 aromatic rings. The van der Waals surface area contributed by atoms with Gasteiger partial charge in [-0.15, -0.1) is 22.7 Å². The van der Waals surface area contributed by atoms with Crippen LogP contribution in [0.15, 0.2) is 22.9 Å². The Bertz CT molecular complexity index is 690. The monoisotopic (exact) mass is 321 g/mol. The van der Waals surface area contributed by atoms with Gasteiger partial charge in [-0.1, -0.05) is 6.42 Å². The molecular formula is C16H19NO2S2. The first-order valence-electron chi connectivity index (χ1n) is 7.39. The number of fused-ring (bicyclic) bond motifs is 3. The zero-order valence-corrected chi connectivity index (χ0v) is 13.8. The van der Waals surface area contributed by atoms with E-state index in [-0.39, 0.29) is 5.97 Å². The average molecular weight is 321 g/mol. The van der Waals surface area contributed by atoms with Crippen LogP contribution in [-0.2, 0) is 16.1 Å². The van der Waals surface area contributed by atoms with Gasteiger partial charge in [-0.05, 0) is 42.7 Å². The third-order valence-electron chi connectivity index (χ3n) is 3.64. The standard InChI is InChI=1S/C16H19NO2S2/c1-2-19-14(18)6-4-3-5-9-17-12-7-10-20-15(12)16-13(17)8-11-21-16/h7-8,10-11H,2-6,9H2,1H3. The van der Waals surface area contributed by atoms with Crippen molar-refractivity contribution in [1.82, 2.24) is 4.57 Å². The molecule has 0 aliphatic carbocycles. The summed E-state index contributed by atoms with van der Waals surface area (Å²) in [4.78, 5) is 11.3. The molecule has 0 aliphatic heterocycles. The zero-order valence-electron chi connectivity index (χ0n) is 12.1. The molecule has 0 radical (unpaired) electrons. The van der Waals surface area contributed by atoms with E-state index in [4.69, 9.17) is 4.74 Å². The van der Waals surface area contributed by atoms with Crippen LogP contribution in [0, 0.1) is 0 Å². The number of aryl methyl sites for hydroxylation is 1. The smallest absolute Gasteiger partial charge is 0.305 e. The maximum Gasteiger partial charge on any atom is 0.305 e. The number of carbonyl (C=O) groups is 1. The van der Waals surface area contributed by atoms with Crippen molar-refractivity contribution in [3.05, 3.63) is 22.9 Å². The molecule has 5 heteroatoms. The van der Waals surface area contributed by atoms with Gasteiger partial charge in [0.05, 0.1) is 27.0 Å². The van der Waals surface area contributed by atoms with Gasteiger partial charge >= 0.3 is 5.97 Å². The SMILES string of the molecule is CCOC(=O)CCCCCn1c2ccsc2c2sccc21. The Morgan fingerprint density at radius 2 is 1.76 bits per heavy atom. The molecule has 0 N–H and O–H groups in total. The molecule has 3 aromatic heterocycles. The molecule has 3 heterocycles. The van der Waals surface area contributed by atoms with Crippen LogP contribution in [0.25, 0.3) is 20.4 Å². The van der Waals surface area contributed by atoms with Gasteiger partial charge in [0.2, 0.25) is 0 Å². The van der Waals surface area contributed by atoms with E-state index in [0.29, 0.717) is 13.0 Å². The molecule has 0 aromatic carbocycles. The van der Waals surface area contributed by atoms with Crippen molar-refractivity contribution >= 4 is 49.1 Å². The first-order chi connectivity index (χ1) is 10.3. The van der Waals surface area contributed by atoms with Crippen LogP contribution < -0.4 is 0 Å². The van der Waals surface area contributed by atoms with Crippen molar-refractivity contribution in [2.45, 2.75) is 39.2 Å². The Morgan fingerprint density at radius 3 is 2.38 bits per heavy atom. The molecule has 0 spiro atoms. The Labute approximate surface area is 132 Å². The molecule has 3 nitrogen and oxygen atoms in total. The van der Waals surface area contributed by atoms with Crippen molar-refractivity contribution in [3.8, 4) is 0 Å². The lowest BCUT2D eigenvalue weighted by molar-refractivity contribution is -0.143. The van der Waals surface area contributed by atoms with Gasteiger partial charge < -0.3 is 9.30 Å². The quantitative estimate of drug-likeness (QED) is 0.451. The van der Waals surface area contributed by atoms with Crippen LogP contribution in [-0.4, -0.2) is 17.1 Å². The number of ether oxygens (including phenoxy) is 1. The maximum absolute atomic E-state index is 11.3. The van der Waals surface area contributed by atoms with Crippen molar-refractivity contribution in [1.29, 1.82) is 0 Å². The molecule has 3 rings (SSSR count). The van der Waals surface area contributed by atoms with Crippen LogP contribution in [0.3, 0.4) is 0 Å². The molecule has 112 valence electrons. The highest BCUT2D eigenvalue weighted by molar-refractivity contribution is 7.25. The van der Waals surface area contributed by atoms with Gasteiger partial charge in [-0.2, -0.15) is 0 Å². The summed E-state index contributed by atoms with van der Waals surface area (Å²) in [5, 5.41) is 4.34. The Morgan fingerprint density at radius 1 is 1.10 bits per heavy atom. The van der Waals surface area contributed by atoms with Gasteiger partial charge in [-0.25, -0.2) is 0 Å². The lowest BCUT2D eigenvalue weighted by Gasteiger charge is -2.06. The molecule has 0 bridgehead atoms. The van der Waals surface area contributed by atoms with Crippen LogP contribution >= 0.6 is 22.7 Å². The third-order valence-corrected chi connectivity index (χ3v) is 5.62. The molecule has 0 aliphatic rings. The zero-order chi connectivity index (χ0) is 14.7. The Hall–Kier alpha value is -1.33. The molecule has 0 saturated heterocycles. The fourth-order valence-corrected chi connectivity index (χ4v) is 4.67.